The second kappa shape index (κ2) is 1.15. The maximum absolute atomic E-state index is 5.27. The average molecular weight is 94.5 g/mol. The standard InChI is InChI=1S/C3H5ClO/c4-1-3-2-5-3/h3H,1-2H2/i3+2. The lowest BCUT2D eigenvalue weighted by atomic mass is 11.3. The first-order valence-corrected chi connectivity index (χ1v) is 2.14. The fourth-order valence-corrected chi connectivity index (χ4v) is 0.335. The smallest absolute Gasteiger partial charge is 0.0944 e. The topological polar surface area (TPSA) is 12.5 Å². The van der Waals surface area contributed by atoms with E-state index < -0.39 is 0 Å². The van der Waals surface area contributed by atoms with Gasteiger partial charge in [0.2, 0.25) is 0 Å². The molecule has 0 spiro atoms. The lowest BCUT2D eigenvalue weighted by Crippen LogP contribution is -1.80. The molecular formula is C3H5ClO. The Bertz CT molecular complexity index is 33.9. The van der Waals surface area contributed by atoms with Gasteiger partial charge >= 0.3 is 0 Å². The minimum absolute atomic E-state index is 0.400. The molecule has 0 bridgehead atoms. The van der Waals surface area contributed by atoms with Crippen molar-refractivity contribution in [3.8, 4) is 0 Å². The Morgan fingerprint density at radius 1 is 2.00 bits per heavy atom. The van der Waals surface area contributed by atoms with Crippen LogP contribution in [0.4, 0.5) is 0 Å². The van der Waals surface area contributed by atoms with Crippen LogP contribution in [0.5, 0.6) is 0 Å². The first kappa shape index (κ1) is 3.44. The Morgan fingerprint density at radius 3 is 2.60 bits per heavy atom. The number of ether oxygens (including phenoxy) is 1. The molecule has 1 atom stereocenters. The van der Waals surface area contributed by atoms with Crippen molar-refractivity contribution in [1.29, 1.82) is 0 Å². The highest BCUT2D eigenvalue weighted by molar-refractivity contribution is 6.18. The minimum Gasteiger partial charge on any atom is -0.372 e. The Kier molecular flexibility index (Phi) is 0.791. The molecule has 0 amide bonds. The van der Waals surface area contributed by atoms with E-state index in [1.807, 2.05) is 0 Å². The van der Waals surface area contributed by atoms with Crippen LogP contribution in [0.3, 0.4) is 0 Å². The zero-order chi connectivity index (χ0) is 3.70. The van der Waals surface area contributed by atoms with Crippen LogP contribution in [-0.4, -0.2) is 18.6 Å². The highest BCUT2D eigenvalue weighted by Gasteiger charge is 2.19. The largest absolute Gasteiger partial charge is 0.372 e. The second-order valence-electron chi connectivity index (χ2n) is 1.11. The summed E-state index contributed by atoms with van der Waals surface area (Å²) >= 11 is 5.27. The summed E-state index contributed by atoms with van der Waals surface area (Å²) in [5.74, 6) is 0.667. The third-order valence-electron chi connectivity index (χ3n) is 0.574. The molecule has 0 aromatic heterocycles. The molecule has 0 saturated carbocycles. The van der Waals surface area contributed by atoms with E-state index in [0.717, 1.165) is 6.61 Å². The first-order valence-electron chi connectivity index (χ1n) is 1.61. The van der Waals surface area contributed by atoms with Crippen LogP contribution in [0.15, 0.2) is 0 Å². The summed E-state index contributed by atoms with van der Waals surface area (Å²) in [5.41, 5.74) is 0. The molecule has 0 aliphatic carbocycles. The van der Waals surface area contributed by atoms with E-state index in [0.29, 0.717) is 12.0 Å². The summed E-state index contributed by atoms with van der Waals surface area (Å²) in [4.78, 5) is 0. The van der Waals surface area contributed by atoms with Crippen LogP contribution in [-0.2, 0) is 4.74 Å². The zero-order valence-corrected chi connectivity index (χ0v) is 3.53. The maximum Gasteiger partial charge on any atom is 0.0944 e. The molecule has 1 fully saturated rings. The number of alkyl halides is 1. The van der Waals surface area contributed by atoms with Crippen molar-refractivity contribution in [2.24, 2.45) is 0 Å². The molecule has 1 aliphatic heterocycles. The lowest BCUT2D eigenvalue weighted by Gasteiger charge is -1.67. The number of epoxide rings is 1. The molecule has 1 heterocycles. The van der Waals surface area contributed by atoms with Gasteiger partial charge in [-0.1, -0.05) is 0 Å². The molecule has 2 heteroatoms. The van der Waals surface area contributed by atoms with E-state index in [4.69, 9.17) is 16.3 Å². The zero-order valence-electron chi connectivity index (χ0n) is 2.78. The molecule has 1 nitrogen and oxygen atoms in total. The van der Waals surface area contributed by atoms with Gasteiger partial charge in [-0.05, 0) is 0 Å². The third-order valence-corrected chi connectivity index (χ3v) is 0.919. The van der Waals surface area contributed by atoms with Crippen LogP contribution in [0.1, 0.15) is 0 Å². The Morgan fingerprint density at radius 2 is 2.60 bits per heavy atom. The third kappa shape index (κ3) is 0.781. The van der Waals surface area contributed by atoms with Crippen molar-refractivity contribution in [3.05, 3.63) is 0 Å². The van der Waals surface area contributed by atoms with Crippen molar-refractivity contribution in [3.63, 3.8) is 0 Å². The van der Waals surface area contributed by atoms with Gasteiger partial charge in [0.15, 0.2) is 0 Å². The van der Waals surface area contributed by atoms with Crippen LogP contribution >= 0.6 is 11.6 Å². The van der Waals surface area contributed by atoms with E-state index in [-0.39, 0.29) is 0 Å². The van der Waals surface area contributed by atoms with E-state index in [1.165, 1.54) is 0 Å². The van der Waals surface area contributed by atoms with Gasteiger partial charge in [0.05, 0.1) is 18.6 Å². The summed E-state index contributed by atoms with van der Waals surface area (Å²) in [6.45, 7) is 0.878. The van der Waals surface area contributed by atoms with Crippen LogP contribution in [0.25, 0.3) is 0 Å². The Labute approximate surface area is 35.9 Å². The highest BCUT2D eigenvalue weighted by Crippen LogP contribution is 2.08. The number of rotatable bonds is 1. The maximum atomic E-state index is 5.27. The van der Waals surface area contributed by atoms with Gasteiger partial charge in [0, 0.05) is 0 Å². The molecular weight excluding hydrogens is 89.5 g/mol. The predicted octanol–water partition coefficient (Wildman–Crippen LogP) is 0.624. The predicted molar refractivity (Wildman–Crippen MR) is 20.5 cm³/mol. The molecule has 1 aliphatic rings. The van der Waals surface area contributed by atoms with E-state index in [2.05, 4.69) is 0 Å². The molecule has 1 saturated heterocycles. The van der Waals surface area contributed by atoms with Gasteiger partial charge < -0.3 is 4.74 Å². The molecule has 30 valence electrons. The number of hydrogen-bond donors (Lipinski definition) is 0. The monoisotopic (exact) mass is 94.0 g/mol. The van der Waals surface area contributed by atoms with Crippen LogP contribution < -0.4 is 0 Å². The van der Waals surface area contributed by atoms with Crippen LogP contribution in [0, 0.1) is 0 Å². The van der Waals surface area contributed by atoms with Crippen molar-refractivity contribution in [2.75, 3.05) is 12.5 Å². The summed E-state index contributed by atoms with van der Waals surface area (Å²) in [7, 11) is 0. The van der Waals surface area contributed by atoms with Gasteiger partial charge in [-0.25, -0.2) is 0 Å². The van der Waals surface area contributed by atoms with Crippen LogP contribution in [0.2, 0.25) is 0 Å². The summed E-state index contributed by atoms with van der Waals surface area (Å²) in [6, 6.07) is 0. The normalized spacial score (nSPS) is 34.2. The van der Waals surface area contributed by atoms with E-state index >= 15 is 0 Å². The molecule has 5 heavy (non-hydrogen) atoms. The van der Waals surface area contributed by atoms with Crippen molar-refractivity contribution in [2.45, 2.75) is 6.10 Å². The first-order chi connectivity index (χ1) is 2.43. The van der Waals surface area contributed by atoms with Gasteiger partial charge in [0.1, 0.15) is 0 Å². The van der Waals surface area contributed by atoms with Crippen molar-refractivity contribution < 1.29 is 4.74 Å². The molecule has 0 radical (unpaired) electrons. The number of halogens is 1. The summed E-state index contributed by atoms with van der Waals surface area (Å²) in [6.07, 6.45) is 0.400. The molecule has 0 aromatic carbocycles. The van der Waals surface area contributed by atoms with E-state index in [1.54, 1.807) is 0 Å². The molecule has 0 N–H and O–H groups in total. The van der Waals surface area contributed by atoms with Gasteiger partial charge in [-0.15, -0.1) is 11.6 Å². The minimum atomic E-state index is 0.400. The molecule has 0 aromatic rings. The van der Waals surface area contributed by atoms with E-state index in [9.17, 15) is 0 Å². The Hall–Kier alpha value is 0.250. The fourth-order valence-electron chi connectivity index (χ4n) is 0.157. The molecule has 1 unspecified atom stereocenters. The average Bonchev–Trinajstić information content (AvgIpc) is 2.12. The van der Waals surface area contributed by atoms with Gasteiger partial charge in [-0.3, -0.25) is 0 Å². The second-order valence-corrected chi connectivity index (χ2v) is 1.42. The fraction of sp³-hybridized carbons (Fsp3) is 1.00. The van der Waals surface area contributed by atoms with Crippen molar-refractivity contribution >= 4 is 11.6 Å². The quantitative estimate of drug-likeness (QED) is 0.343. The number of hydrogen-bond acceptors (Lipinski definition) is 1. The highest BCUT2D eigenvalue weighted by atomic mass is 35.5. The van der Waals surface area contributed by atoms with Gasteiger partial charge in [-0.2, -0.15) is 0 Å². The summed E-state index contributed by atoms with van der Waals surface area (Å²) in [5, 5.41) is 0. The summed E-state index contributed by atoms with van der Waals surface area (Å²) < 4.78 is 4.73. The van der Waals surface area contributed by atoms with Gasteiger partial charge in [0.25, 0.3) is 0 Å². The SMILES string of the molecule is ClC[14CH]1CO1. The molecule has 1 rings (SSSR count). The van der Waals surface area contributed by atoms with Crippen molar-refractivity contribution in [1.82, 2.24) is 0 Å². The Balaban J connectivity index is 2.00. The lowest BCUT2D eigenvalue weighted by molar-refractivity contribution is 0.425.